The van der Waals surface area contributed by atoms with Crippen molar-refractivity contribution in [2.45, 2.75) is 39.5 Å². The van der Waals surface area contributed by atoms with Gasteiger partial charge in [0.2, 0.25) is 0 Å². The Kier molecular flexibility index (Phi) is 4.94. The highest BCUT2D eigenvalue weighted by atomic mass is 35.5. The number of halogens is 1. The average molecular weight is 448 g/mol. The first kappa shape index (κ1) is 20.9. The third-order valence-corrected chi connectivity index (χ3v) is 6.73. The van der Waals surface area contributed by atoms with E-state index in [0.717, 1.165) is 45.3 Å². The molecule has 0 amide bonds. The normalized spacial score (nSPS) is 19.4. The van der Waals surface area contributed by atoms with Crippen molar-refractivity contribution in [3.05, 3.63) is 76.0 Å². The summed E-state index contributed by atoms with van der Waals surface area (Å²) in [6.45, 7) is 6.53. The van der Waals surface area contributed by atoms with Crippen molar-refractivity contribution in [3.8, 4) is 11.5 Å². The van der Waals surface area contributed by atoms with E-state index in [1.165, 1.54) is 0 Å². The van der Waals surface area contributed by atoms with Crippen LogP contribution >= 0.6 is 11.6 Å². The molecule has 0 radical (unpaired) electrons. The molecule has 1 atom stereocenters. The highest BCUT2D eigenvalue weighted by molar-refractivity contribution is 6.32. The van der Waals surface area contributed by atoms with E-state index < -0.39 is 0 Å². The summed E-state index contributed by atoms with van der Waals surface area (Å²) in [6, 6.07) is 16.0. The second-order valence-electron chi connectivity index (χ2n) is 9.42. The van der Waals surface area contributed by atoms with Gasteiger partial charge in [-0.25, -0.2) is 0 Å². The number of ketones is 1. The third-order valence-electron chi connectivity index (χ3n) is 6.44. The number of anilines is 1. The van der Waals surface area contributed by atoms with Gasteiger partial charge in [-0.3, -0.25) is 4.79 Å². The van der Waals surface area contributed by atoms with Crippen molar-refractivity contribution in [1.82, 2.24) is 0 Å². The summed E-state index contributed by atoms with van der Waals surface area (Å²) in [4.78, 5) is 13.5. The average Bonchev–Trinajstić information content (AvgIpc) is 2.74. The fraction of sp³-hybridized carbons (Fsp3) is 0.296. The summed E-state index contributed by atoms with van der Waals surface area (Å²) in [5.74, 6) is 0.110. The molecule has 1 unspecified atom stereocenters. The molecule has 0 saturated heterocycles. The van der Waals surface area contributed by atoms with E-state index in [0.29, 0.717) is 18.8 Å². The maximum absolute atomic E-state index is 13.5. The van der Waals surface area contributed by atoms with Gasteiger partial charge in [0.25, 0.3) is 0 Å². The van der Waals surface area contributed by atoms with Crippen molar-refractivity contribution in [2.24, 2.45) is 5.41 Å². The summed E-state index contributed by atoms with van der Waals surface area (Å²) in [5.41, 5.74) is 4.55. The number of fused-ring (bicyclic) bond motifs is 3. The zero-order valence-electron chi connectivity index (χ0n) is 18.5. The van der Waals surface area contributed by atoms with Gasteiger partial charge in [-0.1, -0.05) is 55.8 Å². The Balaban J connectivity index is 1.82. The maximum atomic E-state index is 13.5. The van der Waals surface area contributed by atoms with E-state index in [2.05, 4.69) is 43.4 Å². The van der Waals surface area contributed by atoms with Crippen LogP contribution in [0.1, 0.15) is 50.7 Å². The summed E-state index contributed by atoms with van der Waals surface area (Å²) in [5, 5.41) is 16.4. The predicted octanol–water partition coefficient (Wildman–Crippen LogP) is 6.80. The molecule has 5 heteroatoms. The molecule has 1 aliphatic heterocycles. The molecule has 0 spiro atoms. The first-order valence-electron chi connectivity index (χ1n) is 11.0. The van der Waals surface area contributed by atoms with Gasteiger partial charge < -0.3 is 15.2 Å². The van der Waals surface area contributed by atoms with Crippen LogP contribution in [0.5, 0.6) is 11.5 Å². The van der Waals surface area contributed by atoms with Crippen LogP contribution in [0, 0.1) is 5.41 Å². The minimum Gasteiger partial charge on any atom is -0.503 e. The molecule has 3 aromatic rings. The smallest absolute Gasteiger partial charge is 0.176 e. The lowest BCUT2D eigenvalue weighted by molar-refractivity contribution is -0.118. The van der Waals surface area contributed by atoms with Gasteiger partial charge in [0, 0.05) is 29.3 Å². The first-order valence-corrected chi connectivity index (χ1v) is 11.4. The van der Waals surface area contributed by atoms with Crippen LogP contribution in [0.4, 0.5) is 5.69 Å². The number of rotatable bonds is 3. The monoisotopic (exact) mass is 447 g/mol. The fourth-order valence-corrected chi connectivity index (χ4v) is 5.38. The number of aromatic hydroxyl groups is 1. The molecule has 0 bridgehead atoms. The predicted molar refractivity (Wildman–Crippen MR) is 129 cm³/mol. The molecule has 1 heterocycles. The number of allylic oxidation sites excluding steroid dienone is 2. The second-order valence-corrected chi connectivity index (χ2v) is 9.83. The molecule has 0 fully saturated rings. The zero-order chi connectivity index (χ0) is 22.6. The van der Waals surface area contributed by atoms with Crippen molar-refractivity contribution in [1.29, 1.82) is 0 Å². The van der Waals surface area contributed by atoms with E-state index in [9.17, 15) is 9.90 Å². The molecule has 3 aromatic carbocycles. The Labute approximate surface area is 192 Å². The van der Waals surface area contributed by atoms with Crippen LogP contribution < -0.4 is 10.1 Å². The third kappa shape index (κ3) is 3.34. The maximum Gasteiger partial charge on any atom is 0.176 e. The molecule has 0 aromatic heterocycles. The fourth-order valence-electron chi connectivity index (χ4n) is 5.16. The van der Waals surface area contributed by atoms with E-state index in [4.69, 9.17) is 16.3 Å². The number of phenolic OH excluding ortho intramolecular Hbond substituents is 1. The van der Waals surface area contributed by atoms with Gasteiger partial charge in [0.1, 0.15) is 0 Å². The molecule has 2 N–H and O–H groups in total. The largest absolute Gasteiger partial charge is 0.503 e. The van der Waals surface area contributed by atoms with Gasteiger partial charge in [0.05, 0.1) is 11.6 Å². The van der Waals surface area contributed by atoms with Crippen molar-refractivity contribution >= 4 is 33.8 Å². The van der Waals surface area contributed by atoms with E-state index >= 15 is 0 Å². The molecule has 0 saturated carbocycles. The lowest BCUT2D eigenvalue weighted by atomic mass is 9.68. The van der Waals surface area contributed by atoms with Gasteiger partial charge >= 0.3 is 0 Å². The number of benzene rings is 3. The minimum absolute atomic E-state index is 0.0744. The number of nitrogens with one attached hydrogen (secondary N) is 1. The van der Waals surface area contributed by atoms with Gasteiger partial charge in [-0.2, -0.15) is 0 Å². The Morgan fingerprint density at radius 3 is 2.72 bits per heavy atom. The Morgan fingerprint density at radius 2 is 1.94 bits per heavy atom. The molecular weight excluding hydrogens is 422 g/mol. The topological polar surface area (TPSA) is 58.6 Å². The highest BCUT2D eigenvalue weighted by Gasteiger charge is 2.41. The number of hydrogen-bond acceptors (Lipinski definition) is 4. The summed E-state index contributed by atoms with van der Waals surface area (Å²) < 4.78 is 5.67. The van der Waals surface area contributed by atoms with Gasteiger partial charge in [-0.15, -0.1) is 0 Å². The number of carbonyl (C=O) groups excluding carboxylic acids is 1. The Bertz CT molecular complexity index is 1290. The van der Waals surface area contributed by atoms with Crippen LogP contribution in [-0.4, -0.2) is 17.5 Å². The van der Waals surface area contributed by atoms with Crippen molar-refractivity contribution in [2.75, 3.05) is 11.9 Å². The highest BCUT2D eigenvalue weighted by Crippen LogP contribution is 2.52. The van der Waals surface area contributed by atoms with E-state index in [1.807, 2.05) is 25.1 Å². The number of hydrogen-bond donors (Lipinski definition) is 2. The molecule has 32 heavy (non-hydrogen) atoms. The quantitative estimate of drug-likeness (QED) is 0.463. The van der Waals surface area contributed by atoms with Crippen molar-refractivity contribution in [3.63, 3.8) is 0 Å². The summed E-state index contributed by atoms with van der Waals surface area (Å²) in [6.07, 6.45) is 1.29. The number of ether oxygens (including phenoxy) is 1. The zero-order valence-corrected chi connectivity index (χ0v) is 19.2. The lowest BCUT2D eigenvalue weighted by Gasteiger charge is -2.40. The van der Waals surface area contributed by atoms with E-state index in [1.54, 1.807) is 6.07 Å². The first-order chi connectivity index (χ1) is 15.3. The van der Waals surface area contributed by atoms with Crippen LogP contribution in [0.3, 0.4) is 0 Å². The van der Waals surface area contributed by atoms with Crippen LogP contribution in [-0.2, 0) is 4.79 Å². The van der Waals surface area contributed by atoms with Crippen LogP contribution in [0.15, 0.2) is 59.8 Å². The molecular formula is C27H26ClNO3. The van der Waals surface area contributed by atoms with Gasteiger partial charge in [0.15, 0.2) is 17.3 Å². The molecule has 1 aliphatic carbocycles. The van der Waals surface area contributed by atoms with Gasteiger partial charge in [-0.05, 0) is 58.9 Å². The standard InChI is InChI=1S/C27H26ClNO3/c1-4-32-22-12-16(11-18(28)26(22)31)23-24-17-8-6-5-7-15(17)9-10-19(24)29-20-13-27(2,3)14-21(30)25(20)23/h5-12,23,29,31H,4,13-14H2,1-3H3. The Morgan fingerprint density at radius 1 is 1.16 bits per heavy atom. The van der Waals surface area contributed by atoms with Crippen LogP contribution in [0.2, 0.25) is 5.02 Å². The van der Waals surface area contributed by atoms with Crippen LogP contribution in [0.25, 0.3) is 10.8 Å². The SMILES string of the molecule is CCOc1cc(C2C3=C(CC(C)(C)CC3=O)Nc3ccc4ccccc4c32)cc(Cl)c1O. The Hall–Kier alpha value is -2.98. The number of Topliss-reactive ketones (excluding diaryl/α,β-unsaturated/α-hetero) is 1. The second kappa shape index (κ2) is 7.56. The summed E-state index contributed by atoms with van der Waals surface area (Å²) >= 11 is 6.43. The summed E-state index contributed by atoms with van der Waals surface area (Å²) in [7, 11) is 0. The molecule has 5 rings (SSSR count). The van der Waals surface area contributed by atoms with Crippen molar-refractivity contribution < 1.29 is 14.6 Å². The minimum atomic E-state index is -0.298. The van der Waals surface area contributed by atoms with E-state index in [-0.39, 0.29) is 27.9 Å². The number of carbonyl (C=O) groups is 1. The molecule has 4 nitrogen and oxygen atoms in total. The molecule has 2 aliphatic rings. The lowest BCUT2D eigenvalue weighted by Crippen LogP contribution is -2.33. The number of phenols is 1. The molecule has 164 valence electrons.